The monoisotopic (exact) mass is 396 g/mol. The number of rotatable bonds is 4. The Morgan fingerprint density at radius 3 is 2.33 bits per heavy atom. The van der Waals surface area contributed by atoms with Crippen LogP contribution in [0.4, 0.5) is 17.6 Å². The maximum atomic E-state index is 14.9. The highest BCUT2D eigenvalue weighted by Crippen LogP contribution is 2.36. The van der Waals surface area contributed by atoms with Crippen molar-refractivity contribution in [2.75, 3.05) is 7.11 Å². The van der Waals surface area contributed by atoms with E-state index in [9.17, 15) is 22.7 Å². The minimum Gasteiger partial charge on any atom is -0.508 e. The molecule has 7 heteroatoms. The number of halogens is 4. The van der Waals surface area contributed by atoms with E-state index in [1.165, 1.54) is 24.3 Å². The Balaban J connectivity index is 2.28. The van der Waals surface area contributed by atoms with Gasteiger partial charge in [0.25, 0.3) is 0 Å². The van der Waals surface area contributed by atoms with Crippen LogP contribution in [-0.4, -0.2) is 12.2 Å². The molecule has 0 amide bonds. The zero-order chi connectivity index (χ0) is 19.7. The molecular formula is C20H17F4O2P. The third-order valence-electron chi connectivity index (χ3n) is 4.51. The Morgan fingerprint density at radius 2 is 1.78 bits per heavy atom. The van der Waals surface area contributed by atoms with Gasteiger partial charge < -0.3 is 9.84 Å². The van der Waals surface area contributed by atoms with Crippen LogP contribution in [-0.2, 0) is 0 Å². The molecule has 2 nitrogen and oxygen atoms in total. The van der Waals surface area contributed by atoms with E-state index >= 15 is 0 Å². The van der Waals surface area contributed by atoms with Crippen LogP contribution in [0.5, 0.6) is 5.75 Å². The molecule has 0 bridgehead atoms. The number of ether oxygens (including phenoxy) is 1. The fourth-order valence-electron chi connectivity index (χ4n) is 2.88. The molecule has 2 aromatic carbocycles. The van der Waals surface area contributed by atoms with E-state index in [0.29, 0.717) is 29.8 Å². The van der Waals surface area contributed by atoms with Gasteiger partial charge in [-0.15, -0.1) is 9.24 Å². The van der Waals surface area contributed by atoms with Crippen LogP contribution in [0.15, 0.2) is 41.7 Å². The van der Waals surface area contributed by atoms with Crippen molar-refractivity contribution in [3.8, 4) is 5.75 Å². The minimum atomic E-state index is -1.44. The van der Waals surface area contributed by atoms with Gasteiger partial charge in [-0.3, -0.25) is 0 Å². The van der Waals surface area contributed by atoms with Crippen LogP contribution in [0.3, 0.4) is 0 Å². The molecule has 1 fully saturated rings. The van der Waals surface area contributed by atoms with Gasteiger partial charge in [-0.25, -0.2) is 13.2 Å². The van der Waals surface area contributed by atoms with Crippen LogP contribution in [0.1, 0.15) is 30.4 Å². The zero-order valence-electron chi connectivity index (χ0n) is 14.5. The van der Waals surface area contributed by atoms with Gasteiger partial charge in [0.1, 0.15) is 11.6 Å². The largest absolute Gasteiger partial charge is 0.508 e. The second kappa shape index (κ2) is 7.73. The molecule has 0 heterocycles. The quantitative estimate of drug-likeness (QED) is 0.334. The Bertz CT molecular complexity index is 961. The van der Waals surface area contributed by atoms with Crippen LogP contribution < -0.4 is 10.0 Å². The second-order valence-corrected chi connectivity index (χ2v) is 6.82. The van der Waals surface area contributed by atoms with Crippen molar-refractivity contribution in [3.05, 3.63) is 76.1 Å². The Labute approximate surface area is 156 Å². The van der Waals surface area contributed by atoms with Crippen molar-refractivity contribution >= 4 is 20.1 Å². The van der Waals surface area contributed by atoms with Gasteiger partial charge in [-0.05, 0) is 65.6 Å². The molecule has 3 rings (SSSR count). The van der Waals surface area contributed by atoms with E-state index in [1.54, 1.807) is 0 Å². The van der Waals surface area contributed by atoms with Gasteiger partial charge in [0.15, 0.2) is 17.4 Å². The van der Waals surface area contributed by atoms with E-state index in [2.05, 4.69) is 14.0 Å². The molecule has 0 radical (unpaired) electrons. The SMILES string of the molecule is COc1c(F)c(F)cc(/C(=C\C(O)=C2CCC2)c2ccc(F)cc2P)c1F. The minimum absolute atomic E-state index is 0.0620. The topological polar surface area (TPSA) is 29.5 Å². The summed E-state index contributed by atoms with van der Waals surface area (Å²) in [6, 6.07) is 4.45. The predicted octanol–water partition coefficient (Wildman–Crippen LogP) is 5.18. The Kier molecular flexibility index (Phi) is 5.56. The summed E-state index contributed by atoms with van der Waals surface area (Å²) in [7, 11) is 3.34. The maximum absolute atomic E-state index is 14.9. The fraction of sp³-hybridized carbons (Fsp3) is 0.200. The molecule has 1 aliphatic carbocycles. The highest BCUT2D eigenvalue weighted by Gasteiger charge is 2.24. The number of hydrogen-bond acceptors (Lipinski definition) is 2. The average Bonchev–Trinajstić information content (AvgIpc) is 2.56. The number of methoxy groups -OCH3 is 1. The molecule has 1 unspecified atom stereocenters. The first kappa shape index (κ1) is 19.4. The number of aliphatic hydroxyl groups excluding tert-OH is 1. The smallest absolute Gasteiger partial charge is 0.203 e. The summed E-state index contributed by atoms with van der Waals surface area (Å²) in [4.78, 5) is 0. The fourth-order valence-corrected chi connectivity index (χ4v) is 3.29. The van der Waals surface area contributed by atoms with E-state index in [4.69, 9.17) is 0 Å². The number of allylic oxidation sites excluding steroid dienone is 2. The van der Waals surface area contributed by atoms with E-state index in [1.807, 2.05) is 0 Å². The maximum Gasteiger partial charge on any atom is 0.203 e. The molecule has 1 aliphatic rings. The molecular weight excluding hydrogens is 379 g/mol. The lowest BCUT2D eigenvalue weighted by molar-refractivity contribution is 0.346. The molecule has 1 saturated carbocycles. The summed E-state index contributed by atoms with van der Waals surface area (Å²) < 4.78 is 60.9. The van der Waals surface area contributed by atoms with Crippen LogP contribution in [0.25, 0.3) is 5.57 Å². The van der Waals surface area contributed by atoms with Crippen molar-refractivity contribution in [2.45, 2.75) is 19.3 Å². The van der Waals surface area contributed by atoms with E-state index < -0.39 is 29.0 Å². The van der Waals surface area contributed by atoms with Gasteiger partial charge in [0.05, 0.1) is 7.11 Å². The van der Waals surface area contributed by atoms with Crippen molar-refractivity contribution in [1.29, 1.82) is 0 Å². The molecule has 27 heavy (non-hydrogen) atoms. The third kappa shape index (κ3) is 3.72. The zero-order valence-corrected chi connectivity index (χ0v) is 15.6. The molecule has 0 aliphatic heterocycles. The number of hydrogen-bond donors (Lipinski definition) is 1. The Hall–Kier alpha value is -2.33. The van der Waals surface area contributed by atoms with E-state index in [0.717, 1.165) is 19.1 Å². The lowest BCUT2D eigenvalue weighted by Crippen LogP contribution is -2.08. The first-order valence-electron chi connectivity index (χ1n) is 8.23. The number of benzene rings is 2. The first-order chi connectivity index (χ1) is 12.8. The van der Waals surface area contributed by atoms with Crippen molar-refractivity contribution in [3.63, 3.8) is 0 Å². The molecule has 2 aromatic rings. The van der Waals surface area contributed by atoms with Crippen molar-refractivity contribution < 1.29 is 27.4 Å². The third-order valence-corrected chi connectivity index (χ3v) is 4.99. The molecule has 142 valence electrons. The lowest BCUT2D eigenvalue weighted by Gasteiger charge is -2.19. The van der Waals surface area contributed by atoms with Gasteiger partial charge >= 0.3 is 0 Å². The summed E-state index contributed by atoms with van der Waals surface area (Å²) >= 11 is 0. The standard InChI is InChI=1S/C20H17F4O2P/c1-26-20-18(23)14(8-15(22)19(20)24)13(9-16(25)10-3-2-4-10)12-6-5-11(21)7-17(12)27/h5-9,25H,2-4,27H2,1H3/b13-9-. The molecule has 0 aromatic heterocycles. The summed E-state index contributed by atoms with van der Waals surface area (Å²) in [5, 5.41) is 10.7. The highest BCUT2D eigenvalue weighted by molar-refractivity contribution is 7.27. The van der Waals surface area contributed by atoms with Crippen LogP contribution >= 0.6 is 9.24 Å². The summed E-state index contributed by atoms with van der Waals surface area (Å²) in [6.45, 7) is 0. The Morgan fingerprint density at radius 1 is 1.07 bits per heavy atom. The van der Waals surface area contributed by atoms with E-state index in [-0.39, 0.29) is 16.9 Å². The second-order valence-electron chi connectivity index (χ2n) is 6.20. The van der Waals surface area contributed by atoms with Crippen LogP contribution in [0.2, 0.25) is 0 Å². The molecule has 0 saturated heterocycles. The first-order valence-corrected chi connectivity index (χ1v) is 8.81. The molecule has 0 spiro atoms. The van der Waals surface area contributed by atoms with Crippen molar-refractivity contribution in [1.82, 2.24) is 0 Å². The summed E-state index contributed by atoms with van der Waals surface area (Å²) in [5.41, 5.74) is 0.925. The van der Waals surface area contributed by atoms with Gasteiger partial charge in [0.2, 0.25) is 5.82 Å². The van der Waals surface area contributed by atoms with Gasteiger partial charge in [-0.2, -0.15) is 4.39 Å². The summed E-state index contributed by atoms with van der Waals surface area (Å²) in [5.74, 6) is -5.27. The molecule has 1 atom stereocenters. The highest BCUT2D eigenvalue weighted by atomic mass is 31.0. The van der Waals surface area contributed by atoms with Gasteiger partial charge in [-0.1, -0.05) is 6.07 Å². The van der Waals surface area contributed by atoms with Crippen LogP contribution in [0, 0.1) is 23.3 Å². The number of aliphatic hydroxyl groups is 1. The predicted molar refractivity (Wildman–Crippen MR) is 99.2 cm³/mol. The summed E-state index contributed by atoms with van der Waals surface area (Å²) in [6.07, 6.45) is 3.64. The average molecular weight is 396 g/mol. The van der Waals surface area contributed by atoms with Crippen molar-refractivity contribution in [2.24, 2.45) is 0 Å². The lowest BCUT2D eigenvalue weighted by atomic mass is 9.89. The molecule has 1 N–H and O–H groups in total. The van der Waals surface area contributed by atoms with Gasteiger partial charge in [0, 0.05) is 5.56 Å². The normalized spacial score (nSPS) is 14.1.